The third-order valence-corrected chi connectivity index (χ3v) is 18.2. The highest BCUT2D eigenvalue weighted by Gasteiger charge is 2.15. The zero-order valence-corrected chi connectivity index (χ0v) is 63.1. The summed E-state index contributed by atoms with van der Waals surface area (Å²) in [5.41, 5.74) is 0. The fourth-order valence-electron chi connectivity index (χ4n) is 12.0. The van der Waals surface area contributed by atoms with Crippen LogP contribution in [0.5, 0.6) is 0 Å². The first-order valence-corrected chi connectivity index (χ1v) is 40.1. The van der Waals surface area contributed by atoms with Crippen LogP contribution < -0.4 is 0 Å². The monoisotopic (exact) mass is 1300 g/mol. The first-order chi connectivity index (χ1) is 45.0. The van der Waals surface area contributed by atoms with E-state index in [1.807, 2.05) is 0 Å². The standard InChI is InChI=1S/C23H44O2.2C21H40O2.C19H36O2/c1-4-7-9-11-13-14-16-18-20-22(21-25-23(24)6-3)19-17-15-12-10-8-5-2;1-4-7-9-11-12-13-14-16-18-20(17-15-10-8-5-2)19-23-21(22)6-3;1-4-7-9-11-13-15-17-20(19-23-21(22)6-3)18-16-14-12-10-8-5-2;1-4-7-9-11-12-14-16-18(15-13-10-8-5-2)17-21-19(20)6-3/h6,22H,3-5,7-21H2,1-2H3;2*6,20H,3-5,7-19H2,1-2H3;6,18H,3-5,7-17H2,1-2H3. The second-order valence-corrected chi connectivity index (χ2v) is 27.3. The summed E-state index contributed by atoms with van der Waals surface area (Å²) in [6, 6.07) is 0. The van der Waals surface area contributed by atoms with E-state index in [-0.39, 0.29) is 23.9 Å². The highest BCUT2D eigenvalue weighted by Crippen LogP contribution is 2.24. The Morgan fingerprint density at radius 1 is 0.207 bits per heavy atom. The number of hydrogen-bond donors (Lipinski definition) is 0. The van der Waals surface area contributed by atoms with Gasteiger partial charge in [-0.2, -0.15) is 0 Å². The predicted octanol–water partition coefficient (Wildman–Crippen LogP) is 27.3. The number of rotatable bonds is 68. The molecule has 0 N–H and O–H groups in total. The molecular formula is C84H160O8. The summed E-state index contributed by atoms with van der Waals surface area (Å²) < 4.78 is 21.1. The number of ether oxygens (including phenoxy) is 4. The van der Waals surface area contributed by atoms with Crippen LogP contribution in [-0.2, 0) is 38.1 Å². The van der Waals surface area contributed by atoms with E-state index >= 15 is 0 Å². The van der Waals surface area contributed by atoms with Gasteiger partial charge in [-0.1, -0.05) is 390 Å². The fourth-order valence-corrected chi connectivity index (χ4v) is 12.0. The van der Waals surface area contributed by atoms with E-state index in [4.69, 9.17) is 18.9 Å². The van der Waals surface area contributed by atoms with Crippen molar-refractivity contribution in [1.29, 1.82) is 0 Å². The smallest absolute Gasteiger partial charge is 0.330 e. The average molecular weight is 1300 g/mol. The van der Waals surface area contributed by atoms with Gasteiger partial charge in [0, 0.05) is 24.3 Å². The zero-order chi connectivity index (χ0) is 68.7. The molecule has 3 unspecified atom stereocenters. The van der Waals surface area contributed by atoms with Crippen molar-refractivity contribution in [3.63, 3.8) is 0 Å². The molecule has 544 valence electrons. The number of esters is 4. The Balaban J connectivity index is -0.000000562. The van der Waals surface area contributed by atoms with Crippen molar-refractivity contribution in [2.24, 2.45) is 23.7 Å². The van der Waals surface area contributed by atoms with Crippen molar-refractivity contribution >= 4 is 23.9 Å². The molecule has 0 spiro atoms. The Morgan fingerprint density at radius 2 is 0.315 bits per heavy atom. The Bertz CT molecular complexity index is 1520. The summed E-state index contributed by atoms with van der Waals surface area (Å²) in [6.45, 7) is 34.2. The molecule has 0 aliphatic carbocycles. The molecule has 0 fully saturated rings. The molecule has 0 saturated carbocycles. The normalized spacial score (nSPS) is 11.8. The van der Waals surface area contributed by atoms with Crippen LogP contribution in [0.25, 0.3) is 0 Å². The molecule has 0 aliphatic heterocycles. The molecule has 3 atom stereocenters. The lowest BCUT2D eigenvalue weighted by molar-refractivity contribution is -0.140. The summed E-state index contributed by atoms with van der Waals surface area (Å²) in [7, 11) is 0. The number of unbranched alkanes of at least 4 members (excludes halogenated alkanes) is 40. The van der Waals surface area contributed by atoms with Gasteiger partial charge in [0.1, 0.15) is 0 Å². The Morgan fingerprint density at radius 3 is 0.435 bits per heavy atom. The maximum Gasteiger partial charge on any atom is 0.330 e. The van der Waals surface area contributed by atoms with Gasteiger partial charge >= 0.3 is 23.9 Å². The van der Waals surface area contributed by atoms with Gasteiger partial charge in [-0.15, -0.1) is 0 Å². The van der Waals surface area contributed by atoms with Crippen LogP contribution in [0, 0.1) is 23.7 Å². The van der Waals surface area contributed by atoms with Crippen LogP contribution in [0.2, 0.25) is 0 Å². The van der Waals surface area contributed by atoms with E-state index in [1.54, 1.807) is 0 Å². The SMILES string of the molecule is C=CC(=O)OCC(CCCCCC)CCCCCCCC.C=CC(=O)OCC(CCCCCC)CCCCCCCCCC.C=CC(=O)OCC(CCCCCCCC)CCCCCCCC.C=CC(=O)OCC(CCCCCCCC)CCCCCCCCCC. The van der Waals surface area contributed by atoms with E-state index in [2.05, 4.69) is 81.7 Å². The van der Waals surface area contributed by atoms with Crippen molar-refractivity contribution in [2.75, 3.05) is 26.4 Å². The fraction of sp³-hybridized carbons (Fsp3) is 0.857. The number of carbonyl (C=O) groups is 4. The van der Waals surface area contributed by atoms with Gasteiger partial charge in [0.05, 0.1) is 26.4 Å². The Kier molecular flexibility index (Phi) is 86.9. The molecule has 0 aliphatic rings. The largest absolute Gasteiger partial charge is 0.462 e. The minimum atomic E-state index is -0.281. The zero-order valence-electron chi connectivity index (χ0n) is 63.1. The summed E-state index contributed by atoms with van der Waals surface area (Å²) >= 11 is 0. The summed E-state index contributed by atoms with van der Waals surface area (Å²) in [4.78, 5) is 45.1. The summed E-state index contributed by atoms with van der Waals surface area (Å²) in [5.74, 6) is 1.04. The molecule has 8 nitrogen and oxygen atoms in total. The number of hydrogen-bond acceptors (Lipinski definition) is 8. The van der Waals surface area contributed by atoms with Gasteiger partial charge < -0.3 is 18.9 Å². The van der Waals surface area contributed by atoms with Crippen LogP contribution in [0.1, 0.15) is 415 Å². The van der Waals surface area contributed by atoms with Gasteiger partial charge in [0.2, 0.25) is 0 Å². The highest BCUT2D eigenvalue weighted by atomic mass is 16.5. The topological polar surface area (TPSA) is 105 Å². The average Bonchev–Trinajstić information content (AvgIpc) is 3.80. The minimum absolute atomic E-state index is 0.274. The molecule has 0 rings (SSSR count). The lowest BCUT2D eigenvalue weighted by Gasteiger charge is -2.16. The first-order valence-electron chi connectivity index (χ1n) is 40.1. The van der Waals surface area contributed by atoms with Gasteiger partial charge in [-0.3, -0.25) is 0 Å². The van der Waals surface area contributed by atoms with Crippen LogP contribution in [-0.4, -0.2) is 50.3 Å². The summed E-state index contributed by atoms with van der Waals surface area (Å²) in [5, 5.41) is 0. The van der Waals surface area contributed by atoms with Crippen LogP contribution >= 0.6 is 0 Å². The van der Waals surface area contributed by atoms with Crippen molar-refractivity contribution in [2.45, 2.75) is 415 Å². The highest BCUT2D eigenvalue weighted by molar-refractivity contribution is 5.82. The molecule has 0 heterocycles. The second kappa shape index (κ2) is 83.9. The Hall–Kier alpha value is -3.16. The van der Waals surface area contributed by atoms with E-state index < -0.39 is 0 Å². The molecule has 0 saturated heterocycles. The van der Waals surface area contributed by atoms with Crippen molar-refractivity contribution in [1.82, 2.24) is 0 Å². The molecule has 0 aromatic rings. The van der Waals surface area contributed by atoms with E-state index in [0.717, 1.165) is 0 Å². The molecule has 0 radical (unpaired) electrons. The van der Waals surface area contributed by atoms with Crippen LogP contribution in [0.3, 0.4) is 0 Å². The molecule has 92 heavy (non-hydrogen) atoms. The number of carbonyl (C=O) groups excluding carboxylic acids is 4. The quantitative estimate of drug-likeness (QED) is 0.0257. The second-order valence-electron chi connectivity index (χ2n) is 27.3. The molecule has 0 aromatic carbocycles. The third kappa shape index (κ3) is 81.1. The first kappa shape index (κ1) is 95.2. The van der Waals surface area contributed by atoms with Gasteiger partial charge in [0.15, 0.2) is 0 Å². The lowest BCUT2D eigenvalue weighted by atomic mass is 9.94. The predicted molar refractivity (Wildman–Crippen MR) is 403 cm³/mol. The lowest BCUT2D eigenvalue weighted by Crippen LogP contribution is -2.13. The van der Waals surface area contributed by atoms with Crippen molar-refractivity contribution < 1.29 is 38.1 Å². The maximum atomic E-state index is 11.3. The van der Waals surface area contributed by atoms with Gasteiger partial charge in [-0.05, 0) is 75.0 Å². The maximum absolute atomic E-state index is 11.3. The van der Waals surface area contributed by atoms with Crippen molar-refractivity contribution in [3.05, 3.63) is 50.6 Å². The van der Waals surface area contributed by atoms with Crippen molar-refractivity contribution in [3.8, 4) is 0 Å². The third-order valence-electron chi connectivity index (χ3n) is 18.2. The molecule has 0 amide bonds. The van der Waals surface area contributed by atoms with Crippen LogP contribution in [0.4, 0.5) is 0 Å². The Labute approximate surface area is 574 Å². The summed E-state index contributed by atoms with van der Waals surface area (Å²) in [6.07, 6.45) is 78.6. The van der Waals surface area contributed by atoms with Gasteiger partial charge in [0.25, 0.3) is 0 Å². The van der Waals surface area contributed by atoms with E-state index in [0.29, 0.717) is 50.1 Å². The molecule has 8 heteroatoms. The molecule has 0 bridgehead atoms. The molecular weight excluding hydrogens is 1140 g/mol. The molecule has 0 aromatic heterocycles. The van der Waals surface area contributed by atoms with E-state index in [9.17, 15) is 19.2 Å². The van der Waals surface area contributed by atoms with E-state index in [1.165, 1.54) is 384 Å². The minimum Gasteiger partial charge on any atom is -0.462 e. The van der Waals surface area contributed by atoms with Crippen LogP contribution in [0.15, 0.2) is 50.6 Å². The van der Waals surface area contributed by atoms with Gasteiger partial charge in [-0.25, -0.2) is 19.2 Å².